The first-order valence-corrected chi connectivity index (χ1v) is 5.87. The van der Waals surface area contributed by atoms with Crippen LogP contribution in [0.4, 0.5) is 0 Å². The molecule has 3 nitrogen and oxygen atoms in total. The summed E-state index contributed by atoms with van der Waals surface area (Å²) in [5, 5.41) is 4.42. The van der Waals surface area contributed by atoms with E-state index >= 15 is 0 Å². The predicted octanol–water partition coefficient (Wildman–Crippen LogP) is 2.76. The minimum Gasteiger partial charge on any atom is -0.300 e. The van der Waals surface area contributed by atoms with E-state index in [4.69, 9.17) is 0 Å². The van der Waals surface area contributed by atoms with Crippen molar-refractivity contribution in [1.82, 2.24) is 9.78 Å². The molecule has 0 N–H and O–H groups in total. The third-order valence-electron chi connectivity index (χ3n) is 2.67. The number of nitrogens with zero attached hydrogens (tertiary/aromatic N) is 2. The lowest BCUT2D eigenvalue weighted by Gasteiger charge is -2.23. The Bertz CT molecular complexity index is 377. The van der Waals surface area contributed by atoms with Gasteiger partial charge in [0.25, 0.3) is 0 Å². The van der Waals surface area contributed by atoms with Crippen molar-refractivity contribution in [2.45, 2.75) is 54.0 Å². The number of hydrogen-bond donors (Lipinski definition) is 0. The summed E-state index contributed by atoms with van der Waals surface area (Å²) in [7, 11) is 0. The van der Waals surface area contributed by atoms with Gasteiger partial charge in [-0.15, -0.1) is 0 Å². The summed E-state index contributed by atoms with van der Waals surface area (Å²) in [5.41, 5.74) is 2.30. The van der Waals surface area contributed by atoms with Gasteiger partial charge < -0.3 is 4.79 Å². The molecule has 90 valence electrons. The maximum Gasteiger partial charge on any atom is 0.130 e. The van der Waals surface area contributed by atoms with E-state index in [9.17, 15) is 4.79 Å². The fraction of sp³-hybridized carbons (Fsp3) is 0.692. The Morgan fingerprint density at radius 2 is 2.12 bits per heavy atom. The van der Waals surface area contributed by atoms with Crippen molar-refractivity contribution >= 4 is 5.78 Å². The van der Waals surface area contributed by atoms with Crippen molar-refractivity contribution in [2.75, 3.05) is 0 Å². The van der Waals surface area contributed by atoms with Crippen molar-refractivity contribution in [3.05, 3.63) is 17.5 Å². The standard InChI is InChI=1S/C13H22N2O/c1-6-15-12(7-10(2)14-15)9-13(4,5)8-11(3)16/h7H,6,8-9H2,1-5H3. The SMILES string of the molecule is CCn1nc(C)cc1CC(C)(C)CC(C)=O. The van der Waals surface area contributed by atoms with Crippen LogP contribution in [-0.4, -0.2) is 15.6 Å². The highest BCUT2D eigenvalue weighted by molar-refractivity contribution is 5.76. The van der Waals surface area contributed by atoms with Crippen LogP contribution in [0.25, 0.3) is 0 Å². The molecule has 0 radical (unpaired) electrons. The molecule has 1 aromatic rings. The quantitative estimate of drug-likeness (QED) is 0.767. The normalized spacial score (nSPS) is 11.8. The van der Waals surface area contributed by atoms with Crippen LogP contribution < -0.4 is 0 Å². The van der Waals surface area contributed by atoms with E-state index in [0.717, 1.165) is 18.7 Å². The van der Waals surface area contributed by atoms with E-state index in [-0.39, 0.29) is 11.2 Å². The molecule has 0 spiro atoms. The van der Waals surface area contributed by atoms with Gasteiger partial charge in [-0.05, 0) is 38.7 Å². The van der Waals surface area contributed by atoms with Crippen LogP contribution in [0.3, 0.4) is 0 Å². The van der Waals surface area contributed by atoms with Gasteiger partial charge in [0.2, 0.25) is 0 Å². The molecule has 0 saturated carbocycles. The van der Waals surface area contributed by atoms with Gasteiger partial charge in [-0.1, -0.05) is 13.8 Å². The number of aromatic nitrogens is 2. The van der Waals surface area contributed by atoms with E-state index in [1.165, 1.54) is 5.69 Å². The number of Topliss-reactive ketones (excluding diaryl/α,β-unsaturated/α-hetero) is 1. The monoisotopic (exact) mass is 222 g/mol. The number of carbonyl (C=O) groups excluding carboxylic acids is 1. The van der Waals surface area contributed by atoms with Gasteiger partial charge in [-0.25, -0.2) is 0 Å². The molecular formula is C13H22N2O. The highest BCUT2D eigenvalue weighted by Gasteiger charge is 2.22. The van der Waals surface area contributed by atoms with Gasteiger partial charge in [-0.2, -0.15) is 5.10 Å². The lowest BCUT2D eigenvalue weighted by Crippen LogP contribution is -2.20. The fourth-order valence-corrected chi connectivity index (χ4v) is 2.24. The minimum atomic E-state index is 0.0191. The van der Waals surface area contributed by atoms with Gasteiger partial charge >= 0.3 is 0 Å². The summed E-state index contributed by atoms with van der Waals surface area (Å²) in [6.45, 7) is 10.9. The number of carbonyl (C=O) groups is 1. The first-order valence-electron chi connectivity index (χ1n) is 5.87. The molecule has 0 amide bonds. The van der Waals surface area contributed by atoms with Gasteiger partial charge in [-0.3, -0.25) is 4.68 Å². The average Bonchev–Trinajstić information content (AvgIpc) is 2.42. The molecule has 1 heterocycles. The molecule has 1 aromatic heterocycles. The Morgan fingerprint density at radius 3 is 2.62 bits per heavy atom. The zero-order valence-electron chi connectivity index (χ0n) is 11.0. The highest BCUT2D eigenvalue weighted by Crippen LogP contribution is 2.26. The molecule has 0 fully saturated rings. The maximum absolute atomic E-state index is 11.2. The molecule has 0 aliphatic rings. The van der Waals surface area contributed by atoms with Crippen LogP contribution in [-0.2, 0) is 17.8 Å². The summed E-state index contributed by atoms with van der Waals surface area (Å²) in [5.74, 6) is 0.254. The second kappa shape index (κ2) is 4.81. The van der Waals surface area contributed by atoms with Crippen LogP contribution in [0.5, 0.6) is 0 Å². The van der Waals surface area contributed by atoms with Gasteiger partial charge in [0.1, 0.15) is 5.78 Å². The minimum absolute atomic E-state index is 0.0191. The summed E-state index contributed by atoms with van der Waals surface area (Å²) < 4.78 is 2.03. The van der Waals surface area contributed by atoms with Gasteiger partial charge in [0.15, 0.2) is 0 Å². The topological polar surface area (TPSA) is 34.9 Å². The molecule has 3 heteroatoms. The van der Waals surface area contributed by atoms with E-state index in [1.54, 1.807) is 6.92 Å². The van der Waals surface area contributed by atoms with Crippen LogP contribution in [0.1, 0.15) is 45.5 Å². The smallest absolute Gasteiger partial charge is 0.130 e. The van der Waals surface area contributed by atoms with Gasteiger partial charge in [0.05, 0.1) is 5.69 Å². The number of aryl methyl sites for hydroxylation is 2. The Morgan fingerprint density at radius 1 is 1.50 bits per heavy atom. The summed E-state index contributed by atoms with van der Waals surface area (Å²) in [6, 6.07) is 2.12. The molecular weight excluding hydrogens is 200 g/mol. The van der Waals surface area contributed by atoms with Crippen LogP contribution in [0.2, 0.25) is 0 Å². The predicted molar refractivity (Wildman–Crippen MR) is 65.4 cm³/mol. The van der Waals surface area contributed by atoms with E-state index < -0.39 is 0 Å². The lowest BCUT2D eigenvalue weighted by molar-refractivity contribution is -0.118. The first kappa shape index (κ1) is 12.9. The molecule has 0 atom stereocenters. The highest BCUT2D eigenvalue weighted by atomic mass is 16.1. The Labute approximate surface area is 97.8 Å². The first-order chi connectivity index (χ1) is 7.34. The van der Waals surface area contributed by atoms with Crippen LogP contribution in [0.15, 0.2) is 6.07 Å². The summed E-state index contributed by atoms with van der Waals surface area (Å²) in [4.78, 5) is 11.2. The second-order valence-electron chi connectivity index (χ2n) is 5.31. The Hall–Kier alpha value is -1.12. The van der Waals surface area contributed by atoms with E-state index in [0.29, 0.717) is 6.42 Å². The second-order valence-corrected chi connectivity index (χ2v) is 5.31. The Kier molecular flexibility index (Phi) is 3.89. The van der Waals surface area contributed by atoms with E-state index in [2.05, 4.69) is 31.9 Å². The molecule has 0 saturated heterocycles. The van der Waals surface area contributed by atoms with Gasteiger partial charge in [0, 0.05) is 18.7 Å². The summed E-state index contributed by atoms with van der Waals surface area (Å²) >= 11 is 0. The zero-order valence-corrected chi connectivity index (χ0v) is 11.0. The van der Waals surface area contributed by atoms with Crippen molar-refractivity contribution < 1.29 is 4.79 Å². The van der Waals surface area contributed by atoms with Crippen LogP contribution >= 0.6 is 0 Å². The average molecular weight is 222 g/mol. The van der Waals surface area contributed by atoms with E-state index in [1.807, 2.05) is 11.6 Å². The number of ketones is 1. The molecule has 0 aromatic carbocycles. The molecule has 0 aliphatic carbocycles. The molecule has 0 unspecified atom stereocenters. The fourth-order valence-electron chi connectivity index (χ4n) is 2.24. The number of hydrogen-bond acceptors (Lipinski definition) is 2. The van der Waals surface area contributed by atoms with Crippen molar-refractivity contribution in [3.63, 3.8) is 0 Å². The maximum atomic E-state index is 11.2. The largest absolute Gasteiger partial charge is 0.300 e. The Balaban J connectivity index is 2.82. The van der Waals surface area contributed by atoms with Crippen molar-refractivity contribution in [1.29, 1.82) is 0 Å². The number of rotatable bonds is 5. The lowest BCUT2D eigenvalue weighted by atomic mass is 9.83. The van der Waals surface area contributed by atoms with Crippen LogP contribution in [0, 0.1) is 12.3 Å². The van der Waals surface area contributed by atoms with Crippen molar-refractivity contribution in [3.8, 4) is 0 Å². The van der Waals surface area contributed by atoms with Crippen molar-refractivity contribution in [2.24, 2.45) is 5.41 Å². The summed E-state index contributed by atoms with van der Waals surface area (Å²) in [6.07, 6.45) is 1.53. The molecule has 1 rings (SSSR count). The third-order valence-corrected chi connectivity index (χ3v) is 2.67. The zero-order chi connectivity index (χ0) is 12.3. The molecule has 16 heavy (non-hydrogen) atoms. The molecule has 0 bridgehead atoms. The third kappa shape index (κ3) is 3.47. The molecule has 0 aliphatic heterocycles.